The topological polar surface area (TPSA) is 342 Å². The number of oxime groups is 2. The van der Waals surface area contributed by atoms with Crippen LogP contribution >= 0.6 is 92.8 Å². The molecule has 608 valence electrons. The third kappa shape index (κ3) is 21.6. The number of alkyl halides is 3. The number of esters is 1. The first kappa shape index (κ1) is 88.8. The Kier molecular flexibility index (Phi) is 29.6. The number of amides is 3. The lowest BCUT2D eigenvalue weighted by Crippen LogP contribution is -2.62. The van der Waals surface area contributed by atoms with E-state index in [4.69, 9.17) is 54.9 Å². The van der Waals surface area contributed by atoms with Crippen LogP contribution in [0.15, 0.2) is 176 Å². The maximum atomic E-state index is 13.6. The number of nitrogen functional groups attached to an aromatic ring is 1. The van der Waals surface area contributed by atoms with Gasteiger partial charge in [0.15, 0.2) is 39.7 Å². The highest BCUT2D eigenvalue weighted by atomic mass is 35.5. The summed E-state index contributed by atoms with van der Waals surface area (Å²) in [5.41, 5.74) is 11.3. The zero-order valence-electron chi connectivity index (χ0n) is 65.0. The molecule has 0 spiro atoms. The van der Waals surface area contributed by atoms with Crippen molar-refractivity contribution >= 4 is 192 Å². The zero-order valence-corrected chi connectivity index (χ0v) is 71.3. The molecule has 32 heteroatoms. The monoisotopic (exact) mass is 1730 g/mol. The summed E-state index contributed by atoms with van der Waals surface area (Å²) in [4.78, 5) is 164. The number of hydrogen-bond donors (Lipinski definition) is 3. The number of thiazole rings is 2. The molecule has 6 aliphatic rings. The standard InChI is InChI=1S/C32H36ClN3O6S2.C26H25ClN4O7S2.C26H24ClNO3S/c1-18(37)27-22(13-12-20-8-10-21(15-33)11-9-20)16-44-29-23(28(39)36(27)29)14-25(38)26(24-17-43-19(2)34-24)35-42-32(6,7)30(40)41-31(3,4)5;1-26(2,24(36)37)38-30-19(17-12-40-25(28)29-17)18(32)9-16-21(33)31-20(23(34)35)15(11-39-22(16)31)8-7-13-3-5-14(10-27)6-4-13;1-17(29)24-21(12-11-18-7-9-20(15-27)10-8-18)16-32-26-23(25(31)28(24)26)14-22(30)13-19-5-3-2-4-6-19/h8-13,17,23,29H,14-16H2,1-7H3;3-8,12,16,22H,9-11H2,1-2H3,(H2,28,29)(H,34,35)(H,36,37);2-12,23,26H,13-16H2,1H3/b13-12+,35-26-;8-7+,30-19-;12-11+/t23-,29-;16-,22-;23-,26-/m111/s1. The second-order valence-electron chi connectivity index (χ2n) is 29.6. The molecular formula is C84H85Cl3N8O16S5. The number of carbonyl (C=O) groups excluding carboxylic acids is 9. The van der Waals surface area contributed by atoms with Gasteiger partial charge in [-0.05, 0) is 111 Å². The fourth-order valence-electron chi connectivity index (χ4n) is 12.7. The van der Waals surface area contributed by atoms with E-state index in [-0.39, 0.29) is 93.0 Å². The quantitative estimate of drug-likeness (QED) is 0.0124. The van der Waals surface area contributed by atoms with E-state index in [1.807, 2.05) is 127 Å². The molecule has 8 heterocycles. The van der Waals surface area contributed by atoms with Gasteiger partial charge in [-0.25, -0.2) is 24.4 Å². The second kappa shape index (κ2) is 38.7. The molecule has 4 aromatic carbocycles. The minimum Gasteiger partial charge on any atom is -0.478 e. The summed E-state index contributed by atoms with van der Waals surface area (Å²) in [7, 11) is 0. The van der Waals surface area contributed by atoms with Crippen LogP contribution in [-0.4, -0.2) is 161 Å². The molecule has 116 heavy (non-hydrogen) atoms. The average Bonchev–Trinajstić information content (AvgIpc) is 0.790. The third-order valence-electron chi connectivity index (χ3n) is 18.8. The van der Waals surface area contributed by atoms with Crippen molar-refractivity contribution in [3.63, 3.8) is 0 Å². The third-order valence-corrected chi connectivity index (χ3v) is 25.3. The predicted octanol–water partition coefficient (Wildman–Crippen LogP) is 14.7. The lowest BCUT2D eigenvalue weighted by Gasteiger charge is -2.50. The Bertz CT molecular complexity index is 5080. The summed E-state index contributed by atoms with van der Waals surface area (Å²) in [6.07, 6.45) is 11.2. The fourth-order valence-corrected chi connectivity index (χ4v) is 18.5. The van der Waals surface area contributed by atoms with Crippen molar-refractivity contribution in [3.8, 4) is 0 Å². The number of nitrogens with two attached hydrogens (primary N) is 1. The van der Waals surface area contributed by atoms with Crippen LogP contribution in [-0.2, 0) is 91.2 Å². The number of rotatable bonds is 30. The number of ether oxygens (including phenoxy) is 1. The number of carboxylic acids is 2. The predicted molar refractivity (Wildman–Crippen MR) is 454 cm³/mol. The maximum Gasteiger partial charge on any atom is 0.353 e. The van der Waals surface area contributed by atoms with Crippen molar-refractivity contribution in [3.05, 3.63) is 221 Å². The molecule has 0 unspecified atom stereocenters. The molecule has 6 atom stereocenters. The first-order valence-electron chi connectivity index (χ1n) is 36.5. The summed E-state index contributed by atoms with van der Waals surface area (Å²) >= 11 is 24.4. The molecule has 0 bridgehead atoms. The number of allylic oxidation sites excluding steroid dienone is 5. The van der Waals surface area contributed by atoms with Gasteiger partial charge in [-0.2, -0.15) is 0 Å². The Balaban J connectivity index is 0.000000186. The van der Waals surface area contributed by atoms with Crippen molar-refractivity contribution < 1.29 is 77.4 Å². The highest BCUT2D eigenvalue weighted by Crippen LogP contribution is 2.49. The van der Waals surface area contributed by atoms with Gasteiger partial charge in [-0.1, -0.05) is 150 Å². The van der Waals surface area contributed by atoms with Crippen LogP contribution in [0.3, 0.4) is 0 Å². The van der Waals surface area contributed by atoms with Crippen LogP contribution < -0.4 is 5.73 Å². The first-order valence-corrected chi connectivity index (χ1v) is 43.0. The first-order chi connectivity index (χ1) is 55.0. The number of fused-ring (bicyclic) bond motifs is 3. The fraction of sp³-hybridized carbons (Fsp3) is 0.345. The van der Waals surface area contributed by atoms with Crippen LogP contribution in [0.4, 0.5) is 5.13 Å². The van der Waals surface area contributed by atoms with E-state index in [2.05, 4.69) is 20.3 Å². The Morgan fingerprint density at radius 1 is 0.517 bits per heavy atom. The van der Waals surface area contributed by atoms with E-state index in [0.29, 0.717) is 69.0 Å². The van der Waals surface area contributed by atoms with E-state index >= 15 is 0 Å². The van der Waals surface area contributed by atoms with Gasteiger partial charge in [0.05, 0.1) is 50.3 Å². The van der Waals surface area contributed by atoms with Gasteiger partial charge in [0, 0.05) is 85.2 Å². The molecule has 0 saturated carbocycles. The molecule has 3 saturated heterocycles. The number of aryl methyl sites for hydroxylation is 1. The van der Waals surface area contributed by atoms with Crippen molar-refractivity contribution in [2.45, 2.75) is 145 Å². The van der Waals surface area contributed by atoms with Gasteiger partial charge in [0.1, 0.15) is 28.5 Å². The van der Waals surface area contributed by atoms with Crippen LogP contribution in [0.2, 0.25) is 0 Å². The number of nitrogens with zero attached hydrogens (tertiary/aromatic N) is 7. The Morgan fingerprint density at radius 2 is 0.897 bits per heavy atom. The molecule has 4 N–H and O–H groups in total. The van der Waals surface area contributed by atoms with Crippen LogP contribution in [0.1, 0.15) is 137 Å². The highest BCUT2D eigenvalue weighted by Gasteiger charge is 2.56. The lowest BCUT2D eigenvalue weighted by atomic mass is 9.88. The molecule has 6 aromatic rings. The Labute approximate surface area is 706 Å². The van der Waals surface area contributed by atoms with Crippen molar-refractivity contribution in [1.82, 2.24) is 24.7 Å². The summed E-state index contributed by atoms with van der Waals surface area (Å²) in [6, 6.07) is 32.7. The second-order valence-corrected chi connectivity index (χ2v) is 35.7. The van der Waals surface area contributed by atoms with Crippen molar-refractivity contribution in [1.29, 1.82) is 0 Å². The van der Waals surface area contributed by atoms with E-state index in [9.17, 15) is 63.0 Å². The minimum absolute atomic E-state index is 0.0502. The van der Waals surface area contributed by atoms with E-state index in [1.165, 1.54) is 91.6 Å². The number of ketones is 5. The van der Waals surface area contributed by atoms with Gasteiger partial charge >= 0.3 is 17.9 Å². The SMILES string of the molecule is CC(=O)C1=C(/C=C/c2ccc(CCl)cc2)CS[C@@H]2[C@H](CC(=O)/C(=N\OC(C)(C)C(=O)OC(C)(C)C)c3csc(C)n3)C(=O)N12.CC(=O)C1=C(/C=C/c2ccc(CCl)cc2)CS[C@@H]2[C@H](CC(=O)Cc3ccccc3)C(=O)N12.CC(C)(O/N=C(\C(=O)C[C@@H]1C(=O)N2C(C(=O)O)=C(/C=C/c3ccc(CCl)cc3)CS[C@H]12)c1csc(N)n1)C(=O)O. The van der Waals surface area contributed by atoms with E-state index < -0.39 is 69.4 Å². The zero-order chi connectivity index (χ0) is 84.3. The molecule has 2 aromatic heterocycles. The summed E-state index contributed by atoms with van der Waals surface area (Å²) in [6.45, 7) is 15.5. The van der Waals surface area contributed by atoms with Gasteiger partial charge in [0.25, 0.3) is 0 Å². The number of aliphatic carboxylic acids is 2. The number of thioether (sulfide) groups is 3. The number of aromatic nitrogens is 2. The highest BCUT2D eigenvalue weighted by molar-refractivity contribution is 8.00. The molecule has 6 aliphatic heterocycles. The van der Waals surface area contributed by atoms with Crippen LogP contribution in [0.5, 0.6) is 0 Å². The number of benzene rings is 4. The van der Waals surface area contributed by atoms with Gasteiger partial charge in [-0.3, -0.25) is 53.1 Å². The van der Waals surface area contributed by atoms with Crippen molar-refractivity contribution in [2.75, 3.05) is 23.0 Å². The maximum absolute atomic E-state index is 13.6. The molecule has 3 amide bonds. The molecule has 24 nitrogen and oxygen atoms in total. The number of Topliss-reactive ketones (excluding diaryl/α,β-unsaturated/α-hetero) is 5. The largest absolute Gasteiger partial charge is 0.478 e. The molecular weight excluding hydrogens is 1640 g/mol. The van der Waals surface area contributed by atoms with E-state index in [1.54, 1.807) is 61.9 Å². The molecule has 0 radical (unpaired) electrons. The van der Waals surface area contributed by atoms with Gasteiger partial charge in [-0.15, -0.1) is 92.8 Å². The molecule has 12 rings (SSSR count). The number of anilines is 1. The van der Waals surface area contributed by atoms with Gasteiger partial charge < -0.3 is 30.4 Å². The smallest absolute Gasteiger partial charge is 0.353 e. The lowest BCUT2D eigenvalue weighted by molar-refractivity contribution is -0.179. The summed E-state index contributed by atoms with van der Waals surface area (Å²) < 4.78 is 5.43. The number of hydrogen-bond acceptors (Lipinski definition) is 24. The van der Waals surface area contributed by atoms with Gasteiger partial charge in [0.2, 0.25) is 28.9 Å². The average molecular weight is 1730 g/mol. The number of carboxylic acid groups (broad SMARTS) is 2. The molecule has 0 aliphatic carbocycles. The minimum atomic E-state index is -1.73. The Morgan fingerprint density at radius 3 is 1.25 bits per heavy atom. The van der Waals surface area contributed by atoms with E-state index in [0.717, 1.165) is 61.4 Å². The van der Waals surface area contributed by atoms with Crippen LogP contribution in [0.25, 0.3) is 18.2 Å². The number of carbonyl (C=O) groups is 11. The summed E-state index contributed by atoms with van der Waals surface area (Å²) in [5.74, 6) is -4.59. The normalized spacial score (nSPS) is 19.6. The number of β-lactam (4-membered cyclic amide) rings is 3. The Hall–Kier alpha value is -9.59. The van der Waals surface area contributed by atoms with Crippen LogP contribution in [0, 0.1) is 24.7 Å². The van der Waals surface area contributed by atoms with Crippen molar-refractivity contribution in [2.24, 2.45) is 28.1 Å². The number of halogens is 3. The molecule has 3 fully saturated rings. The summed E-state index contributed by atoms with van der Waals surface area (Å²) in [5, 5.41) is 30.1.